The SMILES string of the molecule is COc1cc(C(=O)N2CC3CCC2[C@@H]3N)cc2nc(-c3cc4ccc(-c5cc6c(cc5F)NC(=O)CC6)nc4n3CC3CC3)n(C)c12. The predicted molar refractivity (Wildman–Crippen MR) is 177 cm³/mol. The predicted octanol–water partition coefficient (Wildman–Crippen LogP) is 5.26. The normalized spacial score (nSPS) is 21.9. The number of benzene rings is 2. The second-order valence-electron chi connectivity index (χ2n) is 13.7. The van der Waals surface area contributed by atoms with Crippen LogP contribution in [0.1, 0.15) is 48.0 Å². The first-order chi connectivity index (χ1) is 22.8. The molecule has 10 nitrogen and oxygen atoms in total. The number of amides is 2. The van der Waals surface area contributed by atoms with Crippen molar-refractivity contribution in [3.8, 4) is 28.5 Å². The van der Waals surface area contributed by atoms with Crippen molar-refractivity contribution in [1.82, 2.24) is 24.0 Å². The zero-order chi connectivity index (χ0) is 32.1. The zero-order valence-electron chi connectivity index (χ0n) is 26.4. The van der Waals surface area contributed by atoms with Gasteiger partial charge in [-0.25, -0.2) is 14.4 Å². The van der Waals surface area contributed by atoms with Gasteiger partial charge in [0.2, 0.25) is 5.91 Å². The number of hydrogen-bond donors (Lipinski definition) is 2. The number of aryl methyl sites for hydroxylation is 2. The molecule has 11 heteroatoms. The number of aromatic nitrogens is 4. The van der Waals surface area contributed by atoms with Crippen molar-refractivity contribution in [3.05, 3.63) is 59.4 Å². The molecule has 5 heterocycles. The van der Waals surface area contributed by atoms with Crippen molar-refractivity contribution in [1.29, 1.82) is 0 Å². The molecule has 2 aliphatic heterocycles. The maximum absolute atomic E-state index is 15.4. The van der Waals surface area contributed by atoms with Crippen LogP contribution in [0.5, 0.6) is 5.75 Å². The van der Waals surface area contributed by atoms with Gasteiger partial charge >= 0.3 is 0 Å². The van der Waals surface area contributed by atoms with Gasteiger partial charge in [0.05, 0.1) is 24.0 Å². The second-order valence-corrected chi connectivity index (χ2v) is 13.7. The number of carbonyl (C=O) groups excluding carboxylic acids is 2. The monoisotopic (exact) mass is 633 g/mol. The van der Waals surface area contributed by atoms with Crippen molar-refractivity contribution in [2.24, 2.45) is 24.6 Å². The summed E-state index contributed by atoms with van der Waals surface area (Å²) >= 11 is 0. The Labute approximate surface area is 270 Å². The minimum absolute atomic E-state index is 0.0311. The molecule has 2 unspecified atom stereocenters. The average molecular weight is 634 g/mol. The second kappa shape index (κ2) is 10.4. The molecule has 4 aliphatic rings. The van der Waals surface area contributed by atoms with E-state index in [1.807, 2.05) is 46.8 Å². The molecule has 2 bridgehead atoms. The number of rotatable bonds is 6. The minimum atomic E-state index is -0.421. The molecule has 2 saturated carbocycles. The number of pyridine rings is 1. The maximum Gasteiger partial charge on any atom is 0.254 e. The first-order valence-electron chi connectivity index (χ1n) is 16.5. The lowest BCUT2D eigenvalue weighted by atomic mass is 9.98. The summed E-state index contributed by atoms with van der Waals surface area (Å²) in [6.45, 7) is 1.47. The highest BCUT2D eigenvalue weighted by Gasteiger charge is 2.47. The third-order valence-electron chi connectivity index (χ3n) is 10.8. The first-order valence-corrected chi connectivity index (χ1v) is 16.5. The fourth-order valence-corrected chi connectivity index (χ4v) is 8.07. The van der Waals surface area contributed by atoms with Gasteiger partial charge in [0.1, 0.15) is 22.7 Å². The Balaban J connectivity index is 1.14. The van der Waals surface area contributed by atoms with E-state index in [1.165, 1.54) is 6.07 Å². The van der Waals surface area contributed by atoms with Crippen LogP contribution in [0.2, 0.25) is 0 Å². The number of halogens is 1. The molecule has 0 spiro atoms. The highest BCUT2D eigenvalue weighted by molar-refractivity contribution is 6.00. The lowest BCUT2D eigenvalue weighted by Gasteiger charge is -2.27. The van der Waals surface area contributed by atoms with Gasteiger partial charge < -0.3 is 29.8 Å². The molecule has 2 aliphatic carbocycles. The Hall–Kier alpha value is -4.77. The number of methoxy groups -OCH3 is 1. The van der Waals surface area contributed by atoms with Gasteiger partial charge in [-0.3, -0.25) is 9.59 Å². The van der Waals surface area contributed by atoms with E-state index in [0.29, 0.717) is 65.0 Å². The largest absolute Gasteiger partial charge is 0.494 e. The Morgan fingerprint density at radius 3 is 2.68 bits per heavy atom. The van der Waals surface area contributed by atoms with Crippen molar-refractivity contribution >= 4 is 39.6 Å². The smallest absolute Gasteiger partial charge is 0.254 e. The number of nitrogens with zero attached hydrogens (tertiary/aromatic N) is 5. The van der Waals surface area contributed by atoms with Crippen LogP contribution in [-0.2, 0) is 24.8 Å². The zero-order valence-corrected chi connectivity index (χ0v) is 26.4. The quantitative estimate of drug-likeness (QED) is 0.263. The molecule has 3 fully saturated rings. The summed E-state index contributed by atoms with van der Waals surface area (Å²) in [6.07, 6.45) is 5.26. The van der Waals surface area contributed by atoms with Crippen LogP contribution < -0.4 is 15.8 Å². The first kappa shape index (κ1) is 28.5. The summed E-state index contributed by atoms with van der Waals surface area (Å²) in [5.41, 5.74) is 12.5. The maximum atomic E-state index is 15.4. The van der Waals surface area contributed by atoms with Crippen LogP contribution in [0, 0.1) is 17.7 Å². The van der Waals surface area contributed by atoms with E-state index in [2.05, 4.69) is 16.0 Å². The molecule has 1 saturated heterocycles. The Morgan fingerprint density at radius 1 is 1.09 bits per heavy atom. The molecule has 2 aromatic carbocycles. The fraction of sp³-hybridized carbons (Fsp3) is 0.389. The standard InChI is InChI=1S/C36H36FN7O3/c1-42-33-27(12-22(14-30(33)47-2)36(46)44-17-21-6-9-28(44)32(21)38)41-35(42)29-13-20-5-8-25(40-34(20)43(29)16-18-3-4-18)23-11-19-7-10-31(45)39-26(19)15-24(23)37/h5,8,11-15,18,21,28,32H,3-4,6-7,9-10,16-17,38H2,1-2H3,(H,39,45)/t21?,28?,32-/m1/s1. The fourth-order valence-electron chi connectivity index (χ4n) is 8.07. The molecule has 0 radical (unpaired) electrons. The molecule has 3 atom stereocenters. The highest BCUT2D eigenvalue weighted by Crippen LogP contribution is 2.41. The van der Waals surface area contributed by atoms with Gasteiger partial charge in [0.25, 0.3) is 5.91 Å². The van der Waals surface area contributed by atoms with E-state index in [-0.39, 0.29) is 23.9 Å². The molecule has 5 aromatic rings. The van der Waals surface area contributed by atoms with E-state index in [1.54, 1.807) is 7.11 Å². The van der Waals surface area contributed by atoms with Crippen LogP contribution in [0.15, 0.2) is 42.5 Å². The van der Waals surface area contributed by atoms with Gasteiger partial charge in [0, 0.05) is 60.8 Å². The number of imidazole rings is 1. The van der Waals surface area contributed by atoms with E-state index in [0.717, 1.165) is 65.9 Å². The van der Waals surface area contributed by atoms with Crippen LogP contribution in [0.3, 0.4) is 0 Å². The van der Waals surface area contributed by atoms with Gasteiger partial charge in [-0.15, -0.1) is 0 Å². The molecule has 9 rings (SSSR count). The van der Waals surface area contributed by atoms with Gasteiger partial charge in [0.15, 0.2) is 5.82 Å². The number of anilines is 1. The molecular formula is C36H36FN7O3. The molecule has 47 heavy (non-hydrogen) atoms. The number of carbonyl (C=O) groups is 2. The highest BCUT2D eigenvalue weighted by atomic mass is 19.1. The van der Waals surface area contributed by atoms with E-state index < -0.39 is 5.82 Å². The summed E-state index contributed by atoms with van der Waals surface area (Å²) < 4.78 is 25.5. The van der Waals surface area contributed by atoms with Gasteiger partial charge in [-0.05, 0) is 92.0 Å². The van der Waals surface area contributed by atoms with Crippen LogP contribution in [0.25, 0.3) is 44.8 Å². The molecular weight excluding hydrogens is 597 g/mol. The number of ether oxygens (including phenoxy) is 1. The summed E-state index contributed by atoms with van der Waals surface area (Å²) in [7, 11) is 3.58. The Morgan fingerprint density at radius 2 is 1.94 bits per heavy atom. The lowest BCUT2D eigenvalue weighted by Crippen LogP contribution is -2.41. The minimum Gasteiger partial charge on any atom is -0.494 e. The number of hydrogen-bond acceptors (Lipinski definition) is 6. The average Bonchev–Trinajstić information content (AvgIpc) is 3.47. The summed E-state index contributed by atoms with van der Waals surface area (Å²) in [6, 6.07) is 13.0. The van der Waals surface area contributed by atoms with E-state index in [4.69, 9.17) is 20.4 Å². The molecule has 3 N–H and O–H groups in total. The lowest BCUT2D eigenvalue weighted by molar-refractivity contribution is -0.116. The Bertz CT molecular complexity index is 2150. The van der Waals surface area contributed by atoms with E-state index in [9.17, 15) is 9.59 Å². The van der Waals surface area contributed by atoms with Crippen LogP contribution in [-0.4, -0.2) is 61.6 Å². The van der Waals surface area contributed by atoms with Crippen LogP contribution in [0.4, 0.5) is 10.1 Å². The molecule has 2 amide bonds. The third kappa shape index (κ3) is 4.46. The Kier molecular flexibility index (Phi) is 6.28. The molecule has 3 aromatic heterocycles. The topological polar surface area (TPSA) is 120 Å². The molecule has 240 valence electrons. The number of piperidine rings is 1. The van der Waals surface area contributed by atoms with Gasteiger partial charge in [-0.2, -0.15) is 0 Å². The van der Waals surface area contributed by atoms with Crippen molar-refractivity contribution < 1.29 is 18.7 Å². The summed E-state index contributed by atoms with van der Waals surface area (Å²) in [4.78, 5) is 37.7. The third-order valence-corrected chi connectivity index (χ3v) is 10.8. The van der Waals surface area contributed by atoms with Crippen molar-refractivity contribution in [2.45, 2.75) is 57.2 Å². The van der Waals surface area contributed by atoms with Crippen LogP contribution >= 0.6 is 0 Å². The van der Waals surface area contributed by atoms with Crippen molar-refractivity contribution in [3.63, 3.8) is 0 Å². The summed E-state index contributed by atoms with van der Waals surface area (Å²) in [5.74, 6) is 1.68. The van der Waals surface area contributed by atoms with Crippen molar-refractivity contribution in [2.75, 3.05) is 19.0 Å². The number of nitrogens with two attached hydrogens (primary N) is 1. The number of likely N-dealkylation sites (tertiary alicyclic amines) is 1. The van der Waals surface area contributed by atoms with Gasteiger partial charge in [-0.1, -0.05) is 0 Å². The van der Waals surface area contributed by atoms with E-state index >= 15 is 4.39 Å². The number of nitrogens with one attached hydrogen (secondary N) is 1. The number of fused-ring (bicyclic) bond motifs is 5. The summed E-state index contributed by atoms with van der Waals surface area (Å²) in [5, 5.41) is 3.71.